The zero-order valence-electron chi connectivity index (χ0n) is 8.16. The molecule has 0 saturated carbocycles. The Labute approximate surface area is 89.7 Å². The van der Waals surface area contributed by atoms with Gasteiger partial charge in [0.05, 0.1) is 25.4 Å². The topological polar surface area (TPSA) is 152 Å². The highest BCUT2D eigenvalue weighted by Gasteiger charge is 2.41. The molecule has 0 aliphatic heterocycles. The number of aliphatic carboxylic acids is 3. The molecule has 0 fully saturated rings. The Balaban J connectivity index is 4.82. The highest BCUT2D eigenvalue weighted by Crippen LogP contribution is 2.22. The molecule has 0 heterocycles. The van der Waals surface area contributed by atoms with Gasteiger partial charge in [-0.1, -0.05) is 0 Å². The first-order valence-corrected chi connectivity index (χ1v) is 4.23. The fraction of sp³-hybridized carbons (Fsp3) is 0.625. The quantitative estimate of drug-likeness (QED) is 0.358. The van der Waals surface area contributed by atoms with Gasteiger partial charge in [0, 0.05) is 0 Å². The molecule has 0 bridgehead atoms. The summed E-state index contributed by atoms with van der Waals surface area (Å²) in [6, 6.07) is 0. The fourth-order valence-corrected chi connectivity index (χ4v) is 1.18. The molecule has 0 rings (SSSR count). The Hall–Kier alpha value is -1.67. The second-order valence-corrected chi connectivity index (χ2v) is 3.36. The van der Waals surface area contributed by atoms with Gasteiger partial charge >= 0.3 is 17.9 Å². The summed E-state index contributed by atoms with van der Waals surface area (Å²) in [4.78, 5) is 31.0. The molecule has 8 heteroatoms. The van der Waals surface area contributed by atoms with Gasteiger partial charge in [0.25, 0.3) is 0 Å². The Kier molecular flexibility index (Phi) is 4.86. The summed E-state index contributed by atoms with van der Waals surface area (Å²) in [6.07, 6.45) is -4.99. The van der Waals surface area contributed by atoms with Gasteiger partial charge in [-0.2, -0.15) is 0 Å². The van der Waals surface area contributed by atoms with E-state index in [1.807, 2.05) is 0 Å². The molecule has 8 nitrogen and oxygen atoms in total. The zero-order chi connectivity index (χ0) is 12.9. The number of hydrogen-bond acceptors (Lipinski definition) is 5. The van der Waals surface area contributed by atoms with Gasteiger partial charge in [-0.25, -0.2) is 0 Å². The molecule has 0 aromatic heterocycles. The predicted octanol–water partition coefficient (Wildman–Crippen LogP) is -1.50. The summed E-state index contributed by atoms with van der Waals surface area (Å²) in [6.45, 7) is 0. The van der Waals surface area contributed by atoms with Crippen molar-refractivity contribution in [1.29, 1.82) is 0 Å². The first kappa shape index (κ1) is 14.3. The molecule has 0 radical (unpaired) electrons. The van der Waals surface area contributed by atoms with Crippen molar-refractivity contribution in [3.8, 4) is 0 Å². The maximum absolute atomic E-state index is 10.4. The van der Waals surface area contributed by atoms with Crippen molar-refractivity contribution in [1.82, 2.24) is 0 Å². The van der Waals surface area contributed by atoms with Gasteiger partial charge < -0.3 is 25.5 Å². The molecule has 1 unspecified atom stereocenters. The molecule has 0 saturated heterocycles. The summed E-state index contributed by atoms with van der Waals surface area (Å²) in [7, 11) is 0. The van der Waals surface area contributed by atoms with Crippen LogP contribution in [0.15, 0.2) is 0 Å². The van der Waals surface area contributed by atoms with Crippen molar-refractivity contribution in [2.75, 3.05) is 0 Å². The van der Waals surface area contributed by atoms with Crippen molar-refractivity contribution >= 4 is 17.9 Å². The standard InChI is InChI=1S/C8H12O8/c9-4(1-5(10)11)8(16,2-6(12)13)3-7(14)15/h4,9,16H,1-3H2,(H,10,11)(H,12,13)(H,14,15). The zero-order valence-corrected chi connectivity index (χ0v) is 8.16. The SMILES string of the molecule is O=C(O)CC(O)C(O)(CC(=O)O)CC(=O)O. The molecule has 5 N–H and O–H groups in total. The van der Waals surface area contributed by atoms with E-state index in [0.717, 1.165) is 0 Å². The first-order chi connectivity index (χ1) is 7.17. The van der Waals surface area contributed by atoms with Gasteiger partial charge in [-0.05, 0) is 0 Å². The second kappa shape index (κ2) is 5.42. The Morgan fingerprint density at radius 2 is 1.31 bits per heavy atom. The van der Waals surface area contributed by atoms with Crippen LogP contribution in [0, 0.1) is 0 Å². The van der Waals surface area contributed by atoms with E-state index >= 15 is 0 Å². The molecule has 0 aromatic carbocycles. The van der Waals surface area contributed by atoms with Gasteiger partial charge in [-0.3, -0.25) is 14.4 Å². The lowest BCUT2D eigenvalue weighted by atomic mass is 9.87. The lowest BCUT2D eigenvalue weighted by Gasteiger charge is -2.29. The van der Waals surface area contributed by atoms with Crippen LogP contribution in [-0.4, -0.2) is 55.1 Å². The molecule has 0 amide bonds. The van der Waals surface area contributed by atoms with Gasteiger partial charge in [0.15, 0.2) is 0 Å². The van der Waals surface area contributed by atoms with E-state index in [9.17, 15) is 24.6 Å². The summed E-state index contributed by atoms with van der Waals surface area (Å²) in [5, 5.41) is 44.1. The smallest absolute Gasteiger partial charge is 0.306 e. The molecule has 92 valence electrons. The van der Waals surface area contributed by atoms with Crippen molar-refractivity contribution < 1.29 is 39.9 Å². The van der Waals surface area contributed by atoms with E-state index in [4.69, 9.17) is 15.3 Å². The number of hydrogen-bond donors (Lipinski definition) is 5. The van der Waals surface area contributed by atoms with E-state index in [2.05, 4.69) is 0 Å². The third kappa shape index (κ3) is 4.71. The van der Waals surface area contributed by atoms with E-state index in [0.29, 0.717) is 0 Å². The predicted molar refractivity (Wildman–Crippen MR) is 47.7 cm³/mol. The first-order valence-electron chi connectivity index (χ1n) is 4.23. The largest absolute Gasteiger partial charge is 0.481 e. The molecule has 0 aromatic rings. The van der Waals surface area contributed by atoms with E-state index in [1.165, 1.54) is 0 Å². The summed E-state index contributed by atoms with van der Waals surface area (Å²) >= 11 is 0. The van der Waals surface area contributed by atoms with Crippen molar-refractivity contribution in [2.24, 2.45) is 0 Å². The second-order valence-electron chi connectivity index (χ2n) is 3.36. The average Bonchev–Trinajstić information content (AvgIpc) is 1.98. The van der Waals surface area contributed by atoms with Crippen LogP contribution in [0.1, 0.15) is 19.3 Å². The Morgan fingerprint density at radius 1 is 0.938 bits per heavy atom. The highest BCUT2D eigenvalue weighted by atomic mass is 16.4. The third-order valence-corrected chi connectivity index (χ3v) is 1.90. The lowest BCUT2D eigenvalue weighted by molar-refractivity contribution is -0.164. The molecule has 0 spiro atoms. The highest BCUT2D eigenvalue weighted by molar-refractivity contribution is 5.74. The number of aliphatic hydroxyl groups excluding tert-OH is 1. The number of rotatable bonds is 7. The number of carbonyl (C=O) groups is 3. The van der Waals surface area contributed by atoms with Crippen LogP contribution in [0.4, 0.5) is 0 Å². The van der Waals surface area contributed by atoms with Gasteiger partial charge in [0.2, 0.25) is 0 Å². The number of aliphatic hydroxyl groups is 2. The molecule has 1 atom stereocenters. The van der Waals surface area contributed by atoms with Crippen LogP contribution in [0.5, 0.6) is 0 Å². The van der Waals surface area contributed by atoms with Crippen molar-refractivity contribution in [3.63, 3.8) is 0 Å². The maximum atomic E-state index is 10.4. The van der Waals surface area contributed by atoms with E-state index in [1.54, 1.807) is 0 Å². The number of carboxylic acid groups (broad SMARTS) is 3. The van der Waals surface area contributed by atoms with Crippen molar-refractivity contribution in [2.45, 2.75) is 31.0 Å². The Morgan fingerprint density at radius 3 is 1.56 bits per heavy atom. The lowest BCUT2D eigenvalue weighted by Crippen LogP contribution is -2.46. The fourth-order valence-electron chi connectivity index (χ4n) is 1.18. The minimum Gasteiger partial charge on any atom is -0.481 e. The molecule has 0 aliphatic carbocycles. The summed E-state index contributed by atoms with van der Waals surface area (Å²) in [5.41, 5.74) is -2.49. The van der Waals surface area contributed by atoms with Crippen LogP contribution in [0.25, 0.3) is 0 Å². The van der Waals surface area contributed by atoms with Crippen LogP contribution >= 0.6 is 0 Å². The Bertz CT molecular complexity index is 280. The summed E-state index contributed by atoms with van der Waals surface area (Å²) < 4.78 is 0. The summed E-state index contributed by atoms with van der Waals surface area (Å²) in [5.74, 6) is -4.54. The van der Waals surface area contributed by atoms with Crippen LogP contribution in [0.2, 0.25) is 0 Å². The van der Waals surface area contributed by atoms with Gasteiger partial charge in [0.1, 0.15) is 5.60 Å². The average molecular weight is 236 g/mol. The van der Waals surface area contributed by atoms with E-state index < -0.39 is 48.9 Å². The monoisotopic (exact) mass is 236 g/mol. The maximum Gasteiger partial charge on any atom is 0.306 e. The minimum atomic E-state index is -2.49. The van der Waals surface area contributed by atoms with Gasteiger partial charge in [-0.15, -0.1) is 0 Å². The molecular weight excluding hydrogens is 224 g/mol. The van der Waals surface area contributed by atoms with Crippen LogP contribution in [0.3, 0.4) is 0 Å². The molecule has 16 heavy (non-hydrogen) atoms. The third-order valence-electron chi connectivity index (χ3n) is 1.90. The molecule has 0 aliphatic rings. The van der Waals surface area contributed by atoms with Crippen molar-refractivity contribution in [3.05, 3.63) is 0 Å². The molecular formula is C8H12O8. The van der Waals surface area contributed by atoms with Crippen LogP contribution in [-0.2, 0) is 14.4 Å². The normalized spacial score (nSPS) is 13.1. The minimum absolute atomic E-state index is 0.933. The van der Waals surface area contributed by atoms with Crippen LogP contribution < -0.4 is 0 Å². The van der Waals surface area contributed by atoms with E-state index in [-0.39, 0.29) is 0 Å². The number of carboxylic acids is 3.